The molecule has 0 bridgehead atoms. The van der Waals surface area contributed by atoms with Gasteiger partial charge in [0.15, 0.2) is 23.1 Å². The van der Waals surface area contributed by atoms with Crippen molar-refractivity contribution in [2.45, 2.75) is 71.4 Å². The van der Waals surface area contributed by atoms with Gasteiger partial charge in [-0.3, -0.25) is 19.0 Å². The number of aliphatic hydroxyl groups is 2. The first-order chi connectivity index (χ1) is 31.3. The van der Waals surface area contributed by atoms with Gasteiger partial charge in [-0.1, -0.05) is 43.3 Å². The van der Waals surface area contributed by atoms with Crippen LogP contribution in [0.4, 0.5) is 0 Å². The molecule has 0 aliphatic carbocycles. The standard InChI is InChI=1S/C24H26N6O3.C23H24N6O3/c1-4-22(31)16(2)33-20-13-25-24(26-14-20)18-7-5-6-17(10-18)11-21-23(32)8-9-30(28-21)19-12-27-29(3)15-19;1-15(30)16(2)32-20-12-24-23(25-13-20)18-6-4-5-17(9-18)10-21-22(31)7-8-29(27-21)19-11-26-28(3)14-19/h5-10,12-16,22,31H,4,11H2,1-3H3;4-9,11-16,30H,10H2,1-3H3/t16-,22-;15-,16-/m01/s1. The first-order valence-electron chi connectivity index (χ1n) is 21.0. The van der Waals surface area contributed by atoms with E-state index >= 15 is 0 Å². The Morgan fingerprint density at radius 2 is 1.03 bits per heavy atom. The molecule has 18 heteroatoms. The summed E-state index contributed by atoms with van der Waals surface area (Å²) in [5.41, 5.74) is 5.67. The average Bonchev–Trinajstić information content (AvgIpc) is 3.96. The van der Waals surface area contributed by atoms with E-state index in [-0.39, 0.29) is 23.1 Å². The highest BCUT2D eigenvalue weighted by Gasteiger charge is 2.16. The van der Waals surface area contributed by atoms with Gasteiger partial charge in [-0.25, -0.2) is 29.3 Å². The van der Waals surface area contributed by atoms with Crippen LogP contribution in [-0.2, 0) is 26.9 Å². The highest BCUT2D eigenvalue weighted by Crippen LogP contribution is 2.22. The Morgan fingerprint density at radius 1 is 0.600 bits per heavy atom. The van der Waals surface area contributed by atoms with Crippen LogP contribution in [0.15, 0.2) is 132 Å². The molecule has 0 aliphatic rings. The molecule has 8 rings (SSSR count). The van der Waals surface area contributed by atoms with Crippen molar-refractivity contribution in [2.75, 3.05) is 0 Å². The van der Waals surface area contributed by atoms with E-state index in [0.717, 1.165) is 33.6 Å². The van der Waals surface area contributed by atoms with E-state index in [0.29, 0.717) is 53.8 Å². The maximum absolute atomic E-state index is 12.4. The second kappa shape index (κ2) is 20.7. The molecule has 2 aromatic carbocycles. The maximum atomic E-state index is 12.4. The second-order valence-electron chi connectivity index (χ2n) is 15.5. The van der Waals surface area contributed by atoms with Crippen LogP contribution in [0.1, 0.15) is 56.6 Å². The van der Waals surface area contributed by atoms with Crippen molar-refractivity contribution in [3.63, 3.8) is 0 Å². The third kappa shape index (κ3) is 11.9. The fourth-order valence-electron chi connectivity index (χ4n) is 6.50. The van der Waals surface area contributed by atoms with Crippen LogP contribution >= 0.6 is 0 Å². The minimum atomic E-state index is -0.597. The minimum absolute atomic E-state index is 0.123. The number of aryl methyl sites for hydroxylation is 2. The molecular weight excluding hydrogens is 829 g/mol. The fourth-order valence-corrected chi connectivity index (χ4v) is 6.50. The van der Waals surface area contributed by atoms with Gasteiger partial charge in [-0.2, -0.15) is 20.4 Å². The van der Waals surface area contributed by atoms with Crippen LogP contribution in [0.5, 0.6) is 11.5 Å². The summed E-state index contributed by atoms with van der Waals surface area (Å²) in [6.45, 7) is 7.15. The Kier molecular flexibility index (Phi) is 14.4. The molecule has 0 saturated heterocycles. The van der Waals surface area contributed by atoms with Crippen LogP contribution in [0.25, 0.3) is 34.2 Å². The van der Waals surface area contributed by atoms with E-state index in [1.807, 2.05) is 88.9 Å². The SMILES string of the molecule is CC[C@H](O)[C@H](C)Oc1cnc(-c2cccc(Cc3nn(-c4cnn(C)c4)ccc3=O)c2)nc1.C[C@@H](O)[C@@H](C)Oc1cnc(-c2cccc(Cc3nn(-c4cnn(C)c4)ccc3=O)c2)nc1. The second-order valence-corrected chi connectivity index (χ2v) is 15.5. The topological polar surface area (TPSA) is 216 Å². The zero-order valence-electron chi connectivity index (χ0n) is 36.9. The van der Waals surface area contributed by atoms with Crippen LogP contribution in [0.2, 0.25) is 0 Å². The number of hydrogen-bond acceptors (Lipinski definition) is 14. The van der Waals surface area contributed by atoms with Gasteiger partial charge < -0.3 is 19.7 Å². The molecule has 334 valence electrons. The van der Waals surface area contributed by atoms with E-state index in [1.54, 1.807) is 82.1 Å². The van der Waals surface area contributed by atoms with Gasteiger partial charge in [-0.15, -0.1) is 0 Å². The number of hydrogen-bond donors (Lipinski definition) is 2. The summed E-state index contributed by atoms with van der Waals surface area (Å²) in [7, 11) is 3.65. The molecule has 4 atom stereocenters. The van der Waals surface area contributed by atoms with Gasteiger partial charge in [0.1, 0.15) is 35.0 Å². The normalized spacial score (nSPS) is 13.0. The maximum Gasteiger partial charge on any atom is 0.203 e. The molecule has 0 amide bonds. The zero-order valence-corrected chi connectivity index (χ0v) is 36.9. The van der Waals surface area contributed by atoms with Crippen molar-refractivity contribution in [2.24, 2.45) is 14.1 Å². The summed E-state index contributed by atoms with van der Waals surface area (Å²) in [6.07, 6.45) is 16.2. The van der Waals surface area contributed by atoms with Gasteiger partial charge in [0.25, 0.3) is 0 Å². The lowest BCUT2D eigenvalue weighted by atomic mass is 10.1. The molecule has 2 N–H and O–H groups in total. The van der Waals surface area contributed by atoms with E-state index < -0.39 is 12.2 Å². The molecule has 0 radical (unpaired) electrons. The highest BCUT2D eigenvalue weighted by atomic mass is 16.5. The highest BCUT2D eigenvalue weighted by molar-refractivity contribution is 5.57. The minimum Gasteiger partial charge on any atom is -0.485 e. The van der Waals surface area contributed by atoms with Crippen molar-refractivity contribution >= 4 is 0 Å². The van der Waals surface area contributed by atoms with E-state index in [2.05, 4.69) is 40.3 Å². The summed E-state index contributed by atoms with van der Waals surface area (Å²) < 4.78 is 18.0. The third-order valence-corrected chi connectivity index (χ3v) is 10.3. The predicted octanol–water partition coefficient (Wildman–Crippen LogP) is 4.71. The zero-order chi connectivity index (χ0) is 46.0. The Morgan fingerprint density at radius 3 is 1.42 bits per heavy atom. The lowest BCUT2D eigenvalue weighted by Gasteiger charge is -2.18. The first-order valence-corrected chi connectivity index (χ1v) is 21.0. The predicted molar refractivity (Wildman–Crippen MR) is 242 cm³/mol. The number of aliphatic hydroxyl groups excluding tert-OH is 2. The number of rotatable bonds is 15. The van der Waals surface area contributed by atoms with E-state index in [4.69, 9.17) is 9.47 Å². The van der Waals surface area contributed by atoms with Crippen molar-refractivity contribution in [3.05, 3.63) is 166 Å². The van der Waals surface area contributed by atoms with Crippen molar-refractivity contribution < 1.29 is 19.7 Å². The largest absolute Gasteiger partial charge is 0.485 e. The molecule has 6 aromatic heterocycles. The number of aromatic nitrogens is 12. The van der Waals surface area contributed by atoms with Gasteiger partial charge in [0.2, 0.25) is 10.9 Å². The first kappa shape index (κ1) is 45.3. The molecule has 8 aromatic rings. The number of benzene rings is 2. The summed E-state index contributed by atoms with van der Waals surface area (Å²) in [5.74, 6) is 2.07. The molecule has 0 aliphatic heterocycles. The van der Waals surface area contributed by atoms with Gasteiger partial charge in [0, 0.05) is 62.6 Å². The molecular formula is C47H50N12O6. The summed E-state index contributed by atoms with van der Waals surface area (Å²) in [6, 6.07) is 18.4. The van der Waals surface area contributed by atoms with Gasteiger partial charge in [0.05, 0.1) is 61.8 Å². The van der Waals surface area contributed by atoms with Crippen LogP contribution in [0, 0.1) is 0 Å². The fraction of sp³-hybridized carbons (Fsp3) is 0.277. The Balaban J connectivity index is 0.000000194. The lowest BCUT2D eigenvalue weighted by Crippen LogP contribution is -2.27. The molecule has 0 unspecified atom stereocenters. The van der Waals surface area contributed by atoms with E-state index in [9.17, 15) is 19.8 Å². The molecule has 6 heterocycles. The average molecular weight is 879 g/mol. The summed E-state index contributed by atoms with van der Waals surface area (Å²) >= 11 is 0. The lowest BCUT2D eigenvalue weighted by molar-refractivity contribution is 0.0447. The molecule has 0 fully saturated rings. The van der Waals surface area contributed by atoms with Crippen LogP contribution in [-0.4, -0.2) is 93.7 Å². The van der Waals surface area contributed by atoms with Crippen LogP contribution < -0.4 is 20.3 Å². The van der Waals surface area contributed by atoms with E-state index in [1.165, 1.54) is 12.1 Å². The summed E-state index contributed by atoms with van der Waals surface area (Å²) in [5, 5.41) is 36.7. The van der Waals surface area contributed by atoms with Crippen molar-refractivity contribution in [1.82, 2.24) is 59.1 Å². The Hall–Kier alpha value is -7.70. The van der Waals surface area contributed by atoms with Gasteiger partial charge >= 0.3 is 0 Å². The van der Waals surface area contributed by atoms with Crippen molar-refractivity contribution in [3.8, 4) is 45.6 Å². The third-order valence-electron chi connectivity index (χ3n) is 10.3. The Bertz CT molecular complexity index is 2940. The molecule has 18 nitrogen and oxygen atoms in total. The molecule has 0 saturated carbocycles. The van der Waals surface area contributed by atoms with Gasteiger partial charge in [-0.05, 0) is 50.5 Å². The number of ether oxygens (including phenoxy) is 2. The van der Waals surface area contributed by atoms with Crippen LogP contribution in [0.3, 0.4) is 0 Å². The van der Waals surface area contributed by atoms with Crippen molar-refractivity contribution in [1.29, 1.82) is 0 Å². The monoisotopic (exact) mass is 878 g/mol. The molecule has 65 heavy (non-hydrogen) atoms. The Labute approximate surface area is 374 Å². The quantitative estimate of drug-likeness (QED) is 0.143. The smallest absolute Gasteiger partial charge is 0.203 e. The molecule has 0 spiro atoms. The number of nitrogens with zero attached hydrogens (tertiary/aromatic N) is 12. The summed E-state index contributed by atoms with van der Waals surface area (Å²) in [4.78, 5) is 42.3.